The Bertz CT molecular complexity index is 143. The van der Waals surface area contributed by atoms with Gasteiger partial charge >= 0.3 is 6.03 Å². The van der Waals surface area contributed by atoms with Gasteiger partial charge in [-0.15, -0.1) is 0 Å². The van der Waals surface area contributed by atoms with Gasteiger partial charge in [-0.3, -0.25) is 0 Å². The molecule has 0 aromatic heterocycles. The molecule has 3 heteroatoms. The highest BCUT2D eigenvalue weighted by molar-refractivity contribution is 5.73. The molecule has 1 rings (SSSR count). The maximum Gasteiger partial charge on any atom is 0.314 e. The van der Waals surface area contributed by atoms with E-state index in [1.807, 2.05) is 0 Å². The van der Waals surface area contributed by atoms with Gasteiger partial charge in [0.1, 0.15) is 0 Å². The van der Waals surface area contributed by atoms with Crippen LogP contribution in [0.25, 0.3) is 0 Å². The number of rotatable bonds is 2. The molecule has 11 heavy (non-hydrogen) atoms. The summed E-state index contributed by atoms with van der Waals surface area (Å²) in [7, 11) is 1.64. The van der Waals surface area contributed by atoms with Crippen LogP contribution in [0.2, 0.25) is 0 Å². The minimum Gasteiger partial charge on any atom is -0.341 e. The van der Waals surface area contributed by atoms with Gasteiger partial charge in [0.05, 0.1) is 0 Å². The topological polar surface area (TPSA) is 41.1 Å². The Morgan fingerprint density at radius 2 is 2.18 bits per heavy atom. The lowest BCUT2D eigenvalue weighted by Crippen LogP contribution is -2.44. The molecule has 0 bridgehead atoms. The second-order valence-electron chi connectivity index (χ2n) is 3.20. The van der Waals surface area contributed by atoms with Crippen LogP contribution in [0.1, 0.15) is 26.2 Å². The number of urea groups is 1. The molecule has 0 spiro atoms. The molecule has 0 heterocycles. The van der Waals surface area contributed by atoms with Crippen molar-refractivity contribution in [2.24, 2.45) is 5.92 Å². The molecular weight excluding hydrogens is 140 g/mol. The Labute approximate surface area is 67.5 Å². The molecule has 3 nitrogen and oxygen atoms in total. The van der Waals surface area contributed by atoms with E-state index in [2.05, 4.69) is 17.6 Å². The highest BCUT2D eigenvalue weighted by Crippen LogP contribution is 2.29. The number of hydrogen-bond acceptors (Lipinski definition) is 1. The predicted molar refractivity (Wildman–Crippen MR) is 44.4 cm³/mol. The number of hydrogen-bond donors (Lipinski definition) is 2. The van der Waals surface area contributed by atoms with Crippen molar-refractivity contribution in [3.63, 3.8) is 0 Å². The van der Waals surface area contributed by atoms with Crippen LogP contribution in [0.5, 0.6) is 0 Å². The van der Waals surface area contributed by atoms with E-state index < -0.39 is 0 Å². The SMILES string of the molecule is CNC(=O)N[C@@H](C)C1CCC1. The highest BCUT2D eigenvalue weighted by Gasteiger charge is 2.24. The fourth-order valence-corrected chi connectivity index (χ4v) is 1.34. The Hall–Kier alpha value is -0.730. The molecule has 64 valence electrons. The minimum atomic E-state index is -0.0654. The molecule has 0 unspecified atom stereocenters. The van der Waals surface area contributed by atoms with E-state index in [0.29, 0.717) is 12.0 Å². The number of amides is 2. The van der Waals surface area contributed by atoms with E-state index >= 15 is 0 Å². The van der Waals surface area contributed by atoms with Crippen molar-refractivity contribution in [1.82, 2.24) is 10.6 Å². The molecule has 1 aliphatic rings. The summed E-state index contributed by atoms with van der Waals surface area (Å²) in [5, 5.41) is 5.43. The lowest BCUT2D eigenvalue weighted by atomic mass is 9.80. The van der Waals surface area contributed by atoms with Crippen molar-refractivity contribution < 1.29 is 4.79 Å². The zero-order valence-corrected chi connectivity index (χ0v) is 7.18. The third-order valence-corrected chi connectivity index (χ3v) is 2.44. The maximum absolute atomic E-state index is 10.8. The van der Waals surface area contributed by atoms with Gasteiger partial charge in [-0.2, -0.15) is 0 Å². The second kappa shape index (κ2) is 3.60. The molecule has 0 aromatic carbocycles. The van der Waals surface area contributed by atoms with Crippen molar-refractivity contribution >= 4 is 6.03 Å². The Morgan fingerprint density at radius 3 is 2.55 bits per heavy atom. The molecule has 0 radical (unpaired) electrons. The standard InChI is InChI=1S/C8H16N2O/c1-6(7-4-3-5-7)10-8(11)9-2/h6-7H,3-5H2,1-2H3,(H2,9,10,11)/t6-/m0/s1. The molecule has 0 aliphatic heterocycles. The number of nitrogens with one attached hydrogen (secondary N) is 2. The van der Waals surface area contributed by atoms with Gasteiger partial charge in [0, 0.05) is 13.1 Å². The summed E-state index contributed by atoms with van der Waals surface area (Å²) in [4.78, 5) is 10.8. The van der Waals surface area contributed by atoms with E-state index in [9.17, 15) is 4.79 Å². The summed E-state index contributed by atoms with van der Waals surface area (Å²) in [5.74, 6) is 0.715. The normalized spacial score (nSPS) is 20.2. The van der Waals surface area contributed by atoms with Crippen molar-refractivity contribution in [3.8, 4) is 0 Å². The average molecular weight is 156 g/mol. The predicted octanol–water partition coefficient (Wildman–Crippen LogP) is 1.10. The van der Waals surface area contributed by atoms with Crippen LogP contribution in [0.3, 0.4) is 0 Å². The third-order valence-electron chi connectivity index (χ3n) is 2.44. The minimum absolute atomic E-state index is 0.0654. The molecule has 2 N–H and O–H groups in total. The first-order chi connectivity index (χ1) is 5.24. The van der Waals surface area contributed by atoms with Crippen molar-refractivity contribution in [2.75, 3.05) is 7.05 Å². The van der Waals surface area contributed by atoms with Crippen LogP contribution >= 0.6 is 0 Å². The number of carbonyl (C=O) groups is 1. The molecule has 1 atom stereocenters. The van der Waals surface area contributed by atoms with Gasteiger partial charge in [-0.05, 0) is 25.7 Å². The molecular formula is C8H16N2O. The van der Waals surface area contributed by atoms with Crippen molar-refractivity contribution in [1.29, 1.82) is 0 Å². The largest absolute Gasteiger partial charge is 0.341 e. The van der Waals surface area contributed by atoms with Crippen molar-refractivity contribution in [3.05, 3.63) is 0 Å². The Morgan fingerprint density at radius 1 is 1.55 bits per heavy atom. The lowest BCUT2D eigenvalue weighted by molar-refractivity contribution is 0.215. The van der Waals surface area contributed by atoms with Crippen LogP contribution in [0, 0.1) is 5.92 Å². The van der Waals surface area contributed by atoms with Gasteiger partial charge in [0.15, 0.2) is 0 Å². The van der Waals surface area contributed by atoms with Crippen LogP contribution in [0.4, 0.5) is 4.79 Å². The molecule has 1 fully saturated rings. The zero-order valence-electron chi connectivity index (χ0n) is 7.18. The Kier molecular flexibility index (Phi) is 2.74. The van der Waals surface area contributed by atoms with E-state index in [-0.39, 0.29) is 6.03 Å². The smallest absolute Gasteiger partial charge is 0.314 e. The van der Waals surface area contributed by atoms with E-state index in [1.54, 1.807) is 7.05 Å². The van der Waals surface area contributed by atoms with Crippen LogP contribution in [-0.4, -0.2) is 19.1 Å². The van der Waals surface area contributed by atoms with Gasteiger partial charge in [0.2, 0.25) is 0 Å². The quantitative estimate of drug-likeness (QED) is 0.617. The molecule has 2 amide bonds. The summed E-state index contributed by atoms with van der Waals surface area (Å²) in [6, 6.07) is 0.271. The van der Waals surface area contributed by atoms with Gasteiger partial charge in [-0.1, -0.05) is 6.42 Å². The van der Waals surface area contributed by atoms with E-state index in [4.69, 9.17) is 0 Å². The fraction of sp³-hybridized carbons (Fsp3) is 0.875. The van der Waals surface area contributed by atoms with Gasteiger partial charge < -0.3 is 10.6 Å². The summed E-state index contributed by atoms with van der Waals surface area (Å²) in [6.07, 6.45) is 3.86. The number of carbonyl (C=O) groups excluding carboxylic acids is 1. The summed E-state index contributed by atoms with van der Waals surface area (Å²) >= 11 is 0. The third kappa shape index (κ3) is 2.10. The second-order valence-corrected chi connectivity index (χ2v) is 3.20. The first-order valence-electron chi connectivity index (χ1n) is 4.22. The van der Waals surface area contributed by atoms with Gasteiger partial charge in [-0.25, -0.2) is 4.79 Å². The van der Waals surface area contributed by atoms with Crippen LogP contribution in [-0.2, 0) is 0 Å². The highest BCUT2D eigenvalue weighted by atomic mass is 16.2. The monoisotopic (exact) mass is 156 g/mol. The van der Waals surface area contributed by atoms with Gasteiger partial charge in [0.25, 0.3) is 0 Å². The molecule has 0 saturated heterocycles. The summed E-state index contributed by atoms with van der Waals surface area (Å²) < 4.78 is 0. The Balaban J connectivity index is 2.19. The maximum atomic E-state index is 10.8. The molecule has 1 saturated carbocycles. The van der Waals surface area contributed by atoms with E-state index in [0.717, 1.165) is 0 Å². The lowest BCUT2D eigenvalue weighted by Gasteiger charge is -2.31. The first-order valence-corrected chi connectivity index (χ1v) is 4.22. The summed E-state index contributed by atoms with van der Waals surface area (Å²) in [6.45, 7) is 2.07. The average Bonchev–Trinajstić information content (AvgIpc) is 1.83. The molecule has 1 aliphatic carbocycles. The van der Waals surface area contributed by atoms with E-state index in [1.165, 1.54) is 19.3 Å². The van der Waals surface area contributed by atoms with Crippen LogP contribution in [0.15, 0.2) is 0 Å². The summed E-state index contributed by atoms with van der Waals surface area (Å²) in [5.41, 5.74) is 0. The first kappa shape index (κ1) is 8.37. The van der Waals surface area contributed by atoms with Crippen LogP contribution < -0.4 is 10.6 Å². The zero-order chi connectivity index (χ0) is 8.27. The fourth-order valence-electron chi connectivity index (χ4n) is 1.34. The molecule has 0 aromatic rings. The van der Waals surface area contributed by atoms with Crippen molar-refractivity contribution in [2.45, 2.75) is 32.2 Å².